The van der Waals surface area contributed by atoms with E-state index in [9.17, 15) is 26.7 Å². The van der Waals surface area contributed by atoms with E-state index in [2.05, 4.69) is 4.98 Å². The van der Waals surface area contributed by atoms with Crippen LogP contribution in [0.25, 0.3) is 0 Å². The fourth-order valence-electron chi connectivity index (χ4n) is 1.18. The summed E-state index contributed by atoms with van der Waals surface area (Å²) < 4.78 is 62.3. The number of nitrogens with zero attached hydrogens (tertiary/aromatic N) is 2. The van der Waals surface area contributed by atoms with Gasteiger partial charge in [-0.25, -0.2) is 13.8 Å². The Balaban J connectivity index is 3.66. The Morgan fingerprint density at radius 3 is 2.35 bits per heavy atom. The molecule has 1 rings (SSSR count). The maximum Gasteiger partial charge on any atom is 0.417 e. The summed E-state index contributed by atoms with van der Waals surface area (Å²) in [5, 5.41) is 8.45. The first-order chi connectivity index (χ1) is 7.81. The maximum atomic E-state index is 12.5. The van der Waals surface area contributed by atoms with Crippen LogP contribution < -0.4 is 0 Å². The summed E-state index contributed by atoms with van der Waals surface area (Å²) in [6, 6.07) is 1.30. The quantitative estimate of drug-likeness (QED) is 0.599. The first-order valence-electron chi connectivity index (χ1n) is 4.06. The molecule has 0 aliphatic heterocycles. The third-order valence-electron chi connectivity index (χ3n) is 1.83. The monoisotopic (exact) mass is 250 g/mol. The number of alkyl halides is 5. The molecule has 0 aromatic carbocycles. The van der Waals surface area contributed by atoms with Crippen molar-refractivity contribution in [3.8, 4) is 6.07 Å². The third kappa shape index (κ3) is 2.55. The molecule has 17 heavy (non-hydrogen) atoms. The Kier molecular flexibility index (Phi) is 3.41. The highest BCUT2D eigenvalue weighted by atomic mass is 19.4. The number of rotatable bonds is 2. The van der Waals surface area contributed by atoms with E-state index in [0.29, 0.717) is 0 Å². The number of aromatic nitrogens is 1. The standard InChI is InChI=1S/C9H3F5N2O/c10-8(11)7-5(9(12,13)14)1-4(3-17)16-6(7)2-15/h1,3,8H. The van der Waals surface area contributed by atoms with E-state index in [1.165, 1.54) is 0 Å². The molecule has 0 bridgehead atoms. The maximum absolute atomic E-state index is 12.5. The third-order valence-corrected chi connectivity index (χ3v) is 1.83. The number of halogens is 5. The lowest BCUT2D eigenvalue weighted by atomic mass is 10.1. The van der Waals surface area contributed by atoms with Crippen LogP contribution in [0.5, 0.6) is 0 Å². The van der Waals surface area contributed by atoms with Gasteiger partial charge in [-0.2, -0.15) is 18.4 Å². The molecule has 8 heteroatoms. The largest absolute Gasteiger partial charge is 0.417 e. The number of nitriles is 1. The summed E-state index contributed by atoms with van der Waals surface area (Å²) in [6.45, 7) is 0. The fourth-order valence-corrected chi connectivity index (χ4v) is 1.18. The van der Waals surface area contributed by atoms with Crippen molar-refractivity contribution in [1.82, 2.24) is 4.98 Å². The molecule has 0 atom stereocenters. The second-order valence-electron chi connectivity index (χ2n) is 2.89. The average molecular weight is 250 g/mol. The van der Waals surface area contributed by atoms with Crippen LogP contribution in [0.2, 0.25) is 0 Å². The molecule has 0 N–H and O–H groups in total. The van der Waals surface area contributed by atoms with Crippen LogP contribution >= 0.6 is 0 Å². The summed E-state index contributed by atoms with van der Waals surface area (Å²) in [5.74, 6) is 0. The van der Waals surface area contributed by atoms with Crippen LogP contribution in [0.3, 0.4) is 0 Å². The van der Waals surface area contributed by atoms with E-state index in [1.807, 2.05) is 0 Å². The van der Waals surface area contributed by atoms with Crippen molar-refractivity contribution in [2.75, 3.05) is 0 Å². The molecule has 0 amide bonds. The van der Waals surface area contributed by atoms with Gasteiger partial charge in [0.05, 0.1) is 11.1 Å². The zero-order chi connectivity index (χ0) is 13.2. The number of carbonyl (C=O) groups is 1. The lowest BCUT2D eigenvalue weighted by molar-refractivity contribution is -0.139. The predicted molar refractivity (Wildman–Crippen MR) is 44.3 cm³/mol. The molecule has 90 valence electrons. The van der Waals surface area contributed by atoms with Gasteiger partial charge >= 0.3 is 6.18 Å². The molecule has 0 radical (unpaired) electrons. The van der Waals surface area contributed by atoms with Crippen molar-refractivity contribution in [1.29, 1.82) is 5.26 Å². The second kappa shape index (κ2) is 4.45. The number of pyridine rings is 1. The Labute approximate surface area is 91.5 Å². The Morgan fingerprint density at radius 1 is 1.41 bits per heavy atom. The molecule has 0 spiro atoms. The van der Waals surface area contributed by atoms with Crippen molar-refractivity contribution in [3.63, 3.8) is 0 Å². The number of aldehydes is 1. The molecule has 1 aromatic heterocycles. The van der Waals surface area contributed by atoms with Crippen molar-refractivity contribution < 1.29 is 26.7 Å². The minimum absolute atomic E-state index is 0.0503. The summed E-state index contributed by atoms with van der Waals surface area (Å²) in [7, 11) is 0. The van der Waals surface area contributed by atoms with Gasteiger partial charge in [-0.3, -0.25) is 4.79 Å². The Morgan fingerprint density at radius 2 is 2.00 bits per heavy atom. The van der Waals surface area contributed by atoms with Gasteiger partial charge in [0.25, 0.3) is 6.43 Å². The zero-order valence-electron chi connectivity index (χ0n) is 7.92. The normalized spacial score (nSPS) is 11.4. The van der Waals surface area contributed by atoms with E-state index >= 15 is 0 Å². The SMILES string of the molecule is N#Cc1nc(C=O)cc(C(F)(F)F)c1C(F)F. The Hall–Kier alpha value is -2.04. The molecule has 0 aliphatic carbocycles. The highest BCUT2D eigenvalue weighted by Gasteiger charge is 2.38. The van der Waals surface area contributed by atoms with Crippen LogP contribution in [-0.2, 0) is 6.18 Å². The van der Waals surface area contributed by atoms with Gasteiger partial charge in [0, 0.05) is 0 Å². The summed E-state index contributed by atoms with van der Waals surface area (Å²) in [6.07, 6.45) is -8.64. The van der Waals surface area contributed by atoms with Crippen LogP contribution in [0.4, 0.5) is 22.0 Å². The molecule has 0 saturated heterocycles. The highest BCUT2D eigenvalue weighted by molar-refractivity contribution is 5.73. The fraction of sp³-hybridized carbons (Fsp3) is 0.222. The van der Waals surface area contributed by atoms with Crippen molar-refractivity contribution >= 4 is 6.29 Å². The van der Waals surface area contributed by atoms with Gasteiger partial charge in [-0.05, 0) is 6.07 Å². The first kappa shape index (κ1) is 13.0. The Bertz CT molecular complexity index is 489. The molecule has 1 heterocycles. The lowest BCUT2D eigenvalue weighted by Crippen LogP contribution is -2.14. The van der Waals surface area contributed by atoms with Crippen molar-refractivity contribution in [2.45, 2.75) is 12.6 Å². The number of carbonyl (C=O) groups excluding carboxylic acids is 1. The first-order valence-corrected chi connectivity index (χ1v) is 4.06. The van der Waals surface area contributed by atoms with Crippen LogP contribution in [-0.4, -0.2) is 11.3 Å². The number of hydrogen-bond donors (Lipinski definition) is 0. The van der Waals surface area contributed by atoms with Crippen LogP contribution in [0, 0.1) is 11.3 Å². The highest BCUT2D eigenvalue weighted by Crippen LogP contribution is 2.37. The molecule has 0 saturated carbocycles. The van der Waals surface area contributed by atoms with Gasteiger partial charge in [-0.1, -0.05) is 0 Å². The van der Waals surface area contributed by atoms with Crippen LogP contribution in [0.1, 0.15) is 33.7 Å². The number of hydrogen-bond acceptors (Lipinski definition) is 3. The average Bonchev–Trinajstić information content (AvgIpc) is 2.25. The minimum Gasteiger partial charge on any atom is -0.296 e. The molecular weight excluding hydrogens is 247 g/mol. The van der Waals surface area contributed by atoms with E-state index < -0.39 is 35.1 Å². The molecule has 0 unspecified atom stereocenters. The molecule has 0 fully saturated rings. The van der Waals surface area contributed by atoms with Crippen molar-refractivity contribution in [3.05, 3.63) is 28.6 Å². The molecule has 3 nitrogen and oxygen atoms in total. The smallest absolute Gasteiger partial charge is 0.296 e. The van der Waals surface area contributed by atoms with E-state index in [0.717, 1.165) is 6.07 Å². The molecule has 0 aliphatic rings. The topological polar surface area (TPSA) is 53.8 Å². The molecular formula is C9H3F5N2O. The van der Waals surface area contributed by atoms with Gasteiger partial charge in [0.15, 0.2) is 12.0 Å². The summed E-state index contributed by atoms with van der Waals surface area (Å²) in [5.41, 5.74) is -5.05. The van der Waals surface area contributed by atoms with E-state index in [4.69, 9.17) is 5.26 Å². The second-order valence-corrected chi connectivity index (χ2v) is 2.89. The summed E-state index contributed by atoms with van der Waals surface area (Å²) >= 11 is 0. The summed E-state index contributed by atoms with van der Waals surface area (Å²) in [4.78, 5) is 13.4. The van der Waals surface area contributed by atoms with Crippen molar-refractivity contribution in [2.24, 2.45) is 0 Å². The van der Waals surface area contributed by atoms with Gasteiger partial charge < -0.3 is 0 Å². The zero-order valence-corrected chi connectivity index (χ0v) is 7.92. The van der Waals surface area contributed by atoms with Gasteiger partial charge in [0.1, 0.15) is 11.8 Å². The van der Waals surface area contributed by atoms with E-state index in [-0.39, 0.29) is 12.4 Å². The predicted octanol–water partition coefficient (Wildman–Crippen LogP) is 2.72. The van der Waals surface area contributed by atoms with Gasteiger partial charge in [0.2, 0.25) is 0 Å². The lowest BCUT2D eigenvalue weighted by Gasteiger charge is -2.13. The minimum atomic E-state index is -5.09. The van der Waals surface area contributed by atoms with Crippen LogP contribution in [0.15, 0.2) is 6.07 Å². The molecule has 1 aromatic rings. The van der Waals surface area contributed by atoms with Gasteiger partial charge in [-0.15, -0.1) is 0 Å². The van der Waals surface area contributed by atoms with E-state index in [1.54, 1.807) is 0 Å².